The Hall–Kier alpha value is -2.59. The molecular formula is C21H23NO3. The van der Waals surface area contributed by atoms with Crippen molar-refractivity contribution in [2.24, 2.45) is 0 Å². The fraction of sp³-hybridized carbons (Fsp3) is 0.286. The van der Waals surface area contributed by atoms with Gasteiger partial charge >= 0.3 is 5.97 Å². The Labute approximate surface area is 163 Å². The van der Waals surface area contributed by atoms with E-state index < -0.39 is 50.2 Å². The highest BCUT2D eigenvalue weighted by atomic mass is 16.5. The summed E-state index contributed by atoms with van der Waals surface area (Å²) in [6, 6.07) is 9.75. The van der Waals surface area contributed by atoms with Gasteiger partial charge in [-0.3, -0.25) is 4.79 Å². The van der Waals surface area contributed by atoms with E-state index >= 15 is 0 Å². The molecule has 1 heterocycles. The van der Waals surface area contributed by atoms with E-state index in [2.05, 4.69) is 0 Å². The highest BCUT2D eigenvalue weighted by molar-refractivity contribution is 5.85. The lowest BCUT2D eigenvalue weighted by atomic mass is 9.92. The van der Waals surface area contributed by atoms with E-state index in [0.717, 1.165) is 0 Å². The largest absolute Gasteiger partial charge is 0.488 e. The summed E-state index contributed by atoms with van der Waals surface area (Å²) in [5.74, 6) is -0.973. The predicted molar refractivity (Wildman–Crippen MR) is 98.8 cm³/mol. The molecular weight excluding hydrogens is 314 g/mol. The van der Waals surface area contributed by atoms with E-state index in [0.29, 0.717) is 11.1 Å². The molecule has 0 aliphatic carbocycles. The number of benzene rings is 2. The van der Waals surface area contributed by atoms with Crippen molar-refractivity contribution in [3.8, 4) is 5.75 Å². The fourth-order valence-corrected chi connectivity index (χ4v) is 2.65. The van der Waals surface area contributed by atoms with Crippen LogP contribution in [0.1, 0.15) is 43.7 Å². The second-order valence-corrected chi connectivity index (χ2v) is 5.42. The van der Waals surface area contributed by atoms with E-state index in [9.17, 15) is 9.90 Å². The van der Waals surface area contributed by atoms with Gasteiger partial charge in [0.2, 0.25) is 0 Å². The van der Waals surface area contributed by atoms with Crippen LogP contribution in [-0.4, -0.2) is 36.4 Å². The average Bonchev–Trinajstić information content (AvgIpc) is 2.86. The van der Waals surface area contributed by atoms with Gasteiger partial charge in [-0.25, -0.2) is 0 Å². The molecule has 0 spiro atoms. The molecule has 0 bridgehead atoms. The highest BCUT2D eigenvalue weighted by Crippen LogP contribution is 2.37. The Morgan fingerprint density at radius 2 is 2.20 bits per heavy atom. The van der Waals surface area contributed by atoms with E-state index in [1.54, 1.807) is 24.3 Å². The Balaban J connectivity index is 2.36. The summed E-state index contributed by atoms with van der Waals surface area (Å²) in [5.41, 5.74) is 1.01. The first-order chi connectivity index (χ1) is 16.4. The Kier molecular flexibility index (Phi) is 2.47. The summed E-state index contributed by atoms with van der Waals surface area (Å²) >= 11 is 0. The molecule has 1 N–H and O–H groups in total. The molecule has 1 aliphatic rings. The van der Waals surface area contributed by atoms with Crippen molar-refractivity contribution < 1.29 is 29.7 Å². The van der Waals surface area contributed by atoms with Crippen molar-refractivity contribution in [2.45, 2.75) is 19.4 Å². The normalized spacial score (nSPS) is 23.6. The smallest absolute Gasteiger partial charge is 0.307 e. The Bertz CT molecular complexity index is 1190. The van der Waals surface area contributed by atoms with Gasteiger partial charge in [0.05, 0.1) is 7.79 Å². The third-order valence-corrected chi connectivity index (χ3v) is 3.69. The topological polar surface area (TPSA) is 49.8 Å². The monoisotopic (exact) mass is 348 g/mol. The lowest BCUT2D eigenvalue weighted by Gasteiger charge is -2.13. The molecule has 4 heteroatoms. The van der Waals surface area contributed by atoms with Crippen molar-refractivity contribution in [3.05, 3.63) is 70.8 Å². The summed E-state index contributed by atoms with van der Waals surface area (Å²) in [6.07, 6.45) is -3.86. The van der Waals surface area contributed by atoms with Gasteiger partial charge < -0.3 is 14.7 Å². The van der Waals surface area contributed by atoms with E-state index in [1.165, 1.54) is 18.2 Å². The van der Waals surface area contributed by atoms with E-state index in [4.69, 9.17) is 19.8 Å². The van der Waals surface area contributed by atoms with Gasteiger partial charge in [0, 0.05) is 25.8 Å². The molecule has 4 nitrogen and oxygen atoms in total. The number of hydrogen-bond acceptors (Lipinski definition) is 3. The minimum Gasteiger partial charge on any atom is -0.488 e. The minimum atomic E-state index is -3.70. The van der Waals surface area contributed by atoms with Gasteiger partial charge in [-0.15, -0.1) is 0 Å². The number of carboxylic acids is 1. The van der Waals surface area contributed by atoms with Crippen molar-refractivity contribution in [2.75, 3.05) is 20.4 Å². The zero-order chi connectivity index (χ0) is 27.3. The lowest BCUT2D eigenvalue weighted by molar-refractivity contribution is -0.136. The van der Waals surface area contributed by atoms with Crippen LogP contribution in [0, 0.1) is 0 Å². The second-order valence-electron chi connectivity index (χ2n) is 5.42. The summed E-state index contributed by atoms with van der Waals surface area (Å²) in [6.45, 7) is -10.8. The summed E-state index contributed by atoms with van der Waals surface area (Å²) in [7, 11) is 0. The molecule has 130 valence electrons. The van der Waals surface area contributed by atoms with Gasteiger partial charge in [-0.05, 0) is 54.7 Å². The quantitative estimate of drug-likeness (QED) is 0.897. The van der Waals surface area contributed by atoms with Gasteiger partial charge in [0.25, 0.3) is 0 Å². The van der Waals surface area contributed by atoms with Gasteiger partial charge in [0.15, 0.2) is 0 Å². The lowest BCUT2D eigenvalue weighted by Crippen LogP contribution is -2.12. The molecule has 0 amide bonds. The molecule has 0 atom stereocenters. The molecule has 1 aliphatic heterocycles. The second kappa shape index (κ2) is 7.53. The molecule has 0 saturated heterocycles. The highest BCUT2D eigenvalue weighted by Gasteiger charge is 2.19. The molecule has 2 aromatic rings. The van der Waals surface area contributed by atoms with Crippen molar-refractivity contribution >= 4 is 11.5 Å². The molecule has 0 aromatic heterocycles. The number of hydrogen-bond donors (Lipinski definition) is 1. The van der Waals surface area contributed by atoms with Crippen LogP contribution < -0.4 is 4.74 Å². The van der Waals surface area contributed by atoms with Crippen LogP contribution >= 0.6 is 0 Å². The summed E-state index contributed by atoms with van der Waals surface area (Å²) < 4.78 is 93.8. The Morgan fingerprint density at radius 3 is 3.00 bits per heavy atom. The van der Waals surface area contributed by atoms with Crippen molar-refractivity contribution in [1.29, 1.82) is 0 Å². The van der Waals surface area contributed by atoms with Crippen LogP contribution in [0.25, 0.3) is 5.57 Å². The zero-order valence-corrected chi connectivity index (χ0v) is 13.2. The number of carbonyl (C=O) groups is 1. The van der Waals surface area contributed by atoms with Crippen molar-refractivity contribution in [1.82, 2.24) is 4.90 Å². The fourth-order valence-electron chi connectivity index (χ4n) is 2.65. The number of fused-ring (bicyclic) bond motifs is 2. The molecule has 2 aromatic carbocycles. The number of carboxylic acid groups (broad SMARTS) is 1. The molecule has 25 heavy (non-hydrogen) atoms. The molecule has 3 rings (SSSR count). The predicted octanol–water partition coefficient (Wildman–Crippen LogP) is 3.59. The zero-order valence-electron chi connectivity index (χ0n) is 24.2. The van der Waals surface area contributed by atoms with Gasteiger partial charge in [-0.2, -0.15) is 0 Å². The van der Waals surface area contributed by atoms with Crippen LogP contribution in [0.2, 0.25) is 0 Å². The van der Waals surface area contributed by atoms with E-state index in [1.807, 2.05) is 0 Å². The number of ether oxygens (including phenoxy) is 1. The maximum atomic E-state index is 11.3. The number of nitrogens with zero attached hydrogens (tertiary/aromatic N) is 1. The van der Waals surface area contributed by atoms with Crippen LogP contribution in [0.5, 0.6) is 5.75 Å². The van der Waals surface area contributed by atoms with Gasteiger partial charge in [-0.1, -0.05) is 36.4 Å². The number of rotatable bonds is 5. The van der Waals surface area contributed by atoms with E-state index in [-0.39, 0.29) is 29.1 Å². The molecule has 0 fully saturated rings. The summed E-state index contributed by atoms with van der Waals surface area (Å²) in [5, 5.41) is 9.21. The molecule has 0 radical (unpaired) electrons. The maximum Gasteiger partial charge on any atom is 0.307 e. The maximum absolute atomic E-state index is 11.3. The third-order valence-electron chi connectivity index (χ3n) is 3.69. The minimum absolute atomic E-state index is 0.00475. The van der Waals surface area contributed by atoms with Crippen LogP contribution in [-0.2, 0) is 17.8 Å². The first-order valence-corrected chi connectivity index (χ1v) is 7.47. The SMILES string of the molecule is [2H]/C(=C1\c2ccccc2COc2ccc(CC(=O)O)cc21)C([2H])([2H])C([2H])([2H])N(C([2H])([2H])[2H])C([2H])([2H])[2H]. The molecule has 0 unspecified atom stereocenters. The summed E-state index contributed by atoms with van der Waals surface area (Å²) in [4.78, 5) is 10.7. The van der Waals surface area contributed by atoms with Crippen LogP contribution in [0.4, 0.5) is 0 Å². The third kappa shape index (κ3) is 4.09. The van der Waals surface area contributed by atoms with Crippen LogP contribution in [0.3, 0.4) is 0 Å². The molecule has 0 saturated carbocycles. The first-order valence-electron chi connectivity index (χ1n) is 13.0. The first kappa shape index (κ1) is 8.19. The van der Waals surface area contributed by atoms with Crippen molar-refractivity contribution in [3.63, 3.8) is 0 Å². The average molecular weight is 348 g/mol. The number of aliphatic carboxylic acids is 1. The Morgan fingerprint density at radius 1 is 1.36 bits per heavy atom. The van der Waals surface area contributed by atoms with Crippen LogP contribution in [0.15, 0.2) is 48.5 Å². The van der Waals surface area contributed by atoms with Gasteiger partial charge in [0.1, 0.15) is 12.4 Å². The standard InChI is InChI=1S/C21H23NO3/c1-22(2)11-5-8-18-17-7-4-3-6-16(17)14-25-20-10-9-15(12-19(18)20)13-21(23)24/h3-4,6-10,12H,5,11,13-14H2,1-2H3,(H,23,24)/b18-8-/i1D3,2D3,5D2,8D,11D2.